The van der Waals surface area contributed by atoms with Crippen molar-refractivity contribution in [3.05, 3.63) is 0 Å². The summed E-state index contributed by atoms with van der Waals surface area (Å²) in [5.74, 6) is -0.674. The summed E-state index contributed by atoms with van der Waals surface area (Å²) in [4.78, 5) is 22.4. The largest absolute Gasteiger partial charge is 0.468 e. The molecule has 1 heterocycles. The molecule has 0 spiro atoms. The fourth-order valence-electron chi connectivity index (χ4n) is 1.42. The highest BCUT2D eigenvalue weighted by molar-refractivity contribution is 5.76. The summed E-state index contributed by atoms with van der Waals surface area (Å²) >= 11 is 0. The van der Waals surface area contributed by atoms with Crippen LogP contribution in [0.1, 0.15) is 20.3 Å². The van der Waals surface area contributed by atoms with Gasteiger partial charge in [-0.2, -0.15) is 0 Å². The van der Waals surface area contributed by atoms with Crippen molar-refractivity contribution in [1.29, 1.82) is 0 Å². The fourth-order valence-corrected chi connectivity index (χ4v) is 1.42. The first-order valence-corrected chi connectivity index (χ1v) is 5.06. The molecule has 0 amide bonds. The quantitative estimate of drug-likeness (QED) is 0.676. The highest BCUT2D eigenvalue weighted by Crippen LogP contribution is 2.13. The number of rotatable bonds is 3. The predicted molar refractivity (Wildman–Crippen MR) is 53.1 cm³/mol. The van der Waals surface area contributed by atoms with Gasteiger partial charge in [-0.3, -0.25) is 9.59 Å². The van der Waals surface area contributed by atoms with Crippen LogP contribution in [0.4, 0.5) is 0 Å². The molecule has 5 nitrogen and oxygen atoms in total. The van der Waals surface area contributed by atoms with Gasteiger partial charge in [-0.05, 0) is 0 Å². The van der Waals surface area contributed by atoms with Gasteiger partial charge in [-0.1, -0.05) is 13.8 Å². The van der Waals surface area contributed by atoms with Crippen molar-refractivity contribution in [1.82, 2.24) is 5.32 Å². The first kappa shape index (κ1) is 12.0. The second-order valence-corrected chi connectivity index (χ2v) is 3.93. The van der Waals surface area contributed by atoms with Gasteiger partial charge in [0.1, 0.15) is 12.1 Å². The molecule has 0 aliphatic carbocycles. The zero-order valence-electron chi connectivity index (χ0n) is 9.28. The van der Waals surface area contributed by atoms with E-state index in [1.807, 2.05) is 0 Å². The molecule has 86 valence electrons. The minimum absolute atomic E-state index is 0.137. The van der Waals surface area contributed by atoms with Crippen molar-refractivity contribution in [3.63, 3.8) is 0 Å². The molecule has 1 fully saturated rings. The third-order valence-corrected chi connectivity index (χ3v) is 2.33. The lowest BCUT2D eigenvalue weighted by molar-refractivity contribution is -0.152. The topological polar surface area (TPSA) is 64.6 Å². The second kappa shape index (κ2) is 5.11. The lowest BCUT2D eigenvalue weighted by atomic mass is 10.2. The average Bonchev–Trinajstić information content (AvgIpc) is 2.65. The summed E-state index contributed by atoms with van der Waals surface area (Å²) < 4.78 is 9.78. The van der Waals surface area contributed by atoms with Gasteiger partial charge in [0.05, 0.1) is 13.0 Å². The Hall–Kier alpha value is -1.10. The van der Waals surface area contributed by atoms with Gasteiger partial charge in [0, 0.05) is 13.0 Å². The van der Waals surface area contributed by atoms with Crippen LogP contribution in [0.25, 0.3) is 0 Å². The van der Waals surface area contributed by atoms with Gasteiger partial charge in [0.2, 0.25) is 0 Å². The Morgan fingerprint density at radius 1 is 1.40 bits per heavy atom. The Labute approximate surface area is 89.1 Å². The van der Waals surface area contributed by atoms with E-state index in [2.05, 4.69) is 10.1 Å². The minimum atomic E-state index is -0.347. The highest BCUT2D eigenvalue weighted by atomic mass is 16.5. The van der Waals surface area contributed by atoms with Crippen LogP contribution < -0.4 is 5.32 Å². The summed E-state index contributed by atoms with van der Waals surface area (Å²) in [5.41, 5.74) is 0. The molecule has 0 unspecified atom stereocenters. The molecule has 0 aromatic heterocycles. The molecule has 1 N–H and O–H groups in total. The normalized spacial score (nSPS) is 25.3. The standard InChI is InChI=1S/C10H17NO4/c1-6(2)9(12)15-7-4-8(11-5-7)10(13)14-3/h6-8,11H,4-5H2,1-3H3/t7-,8-/m0/s1. The molecule has 5 heteroatoms. The second-order valence-electron chi connectivity index (χ2n) is 3.93. The van der Waals surface area contributed by atoms with Crippen LogP contribution in [0, 0.1) is 5.92 Å². The zero-order chi connectivity index (χ0) is 11.4. The van der Waals surface area contributed by atoms with E-state index < -0.39 is 0 Å². The summed E-state index contributed by atoms with van der Waals surface area (Å²) in [6.07, 6.45) is 0.273. The number of carbonyl (C=O) groups is 2. The summed E-state index contributed by atoms with van der Waals surface area (Å²) in [7, 11) is 1.34. The van der Waals surface area contributed by atoms with E-state index in [9.17, 15) is 9.59 Å². The first-order valence-electron chi connectivity index (χ1n) is 5.06. The monoisotopic (exact) mass is 215 g/mol. The van der Waals surface area contributed by atoms with Crippen molar-refractivity contribution >= 4 is 11.9 Å². The maximum absolute atomic E-state index is 11.3. The van der Waals surface area contributed by atoms with Gasteiger partial charge in [0.15, 0.2) is 0 Å². The molecule has 1 aliphatic heterocycles. The molecule has 0 radical (unpaired) electrons. The van der Waals surface area contributed by atoms with Crippen LogP contribution >= 0.6 is 0 Å². The smallest absolute Gasteiger partial charge is 0.323 e. The molecule has 2 atom stereocenters. The van der Waals surface area contributed by atoms with E-state index >= 15 is 0 Å². The predicted octanol–water partition coefficient (Wildman–Crippen LogP) is 0.0891. The van der Waals surface area contributed by atoms with Gasteiger partial charge < -0.3 is 14.8 Å². The van der Waals surface area contributed by atoms with Crippen LogP contribution in [-0.2, 0) is 19.1 Å². The van der Waals surface area contributed by atoms with E-state index in [4.69, 9.17) is 4.74 Å². The molecular formula is C10H17NO4. The van der Waals surface area contributed by atoms with E-state index in [0.717, 1.165) is 0 Å². The number of esters is 2. The van der Waals surface area contributed by atoms with Crippen molar-refractivity contribution in [2.45, 2.75) is 32.4 Å². The lowest BCUT2D eigenvalue weighted by Gasteiger charge is -2.12. The van der Waals surface area contributed by atoms with Crippen LogP contribution in [0.2, 0.25) is 0 Å². The molecule has 0 aromatic rings. The number of carbonyl (C=O) groups excluding carboxylic acids is 2. The third kappa shape index (κ3) is 3.20. The molecule has 1 saturated heterocycles. The molecular weight excluding hydrogens is 198 g/mol. The van der Waals surface area contributed by atoms with Crippen LogP contribution in [0.3, 0.4) is 0 Å². The minimum Gasteiger partial charge on any atom is -0.468 e. The Bertz CT molecular complexity index is 252. The number of methoxy groups -OCH3 is 1. The van der Waals surface area contributed by atoms with Gasteiger partial charge in [-0.15, -0.1) is 0 Å². The molecule has 1 aliphatic rings. The highest BCUT2D eigenvalue weighted by Gasteiger charge is 2.32. The molecule has 0 bridgehead atoms. The van der Waals surface area contributed by atoms with E-state index in [1.54, 1.807) is 13.8 Å². The number of hydrogen-bond donors (Lipinski definition) is 1. The van der Waals surface area contributed by atoms with Crippen molar-refractivity contribution in [3.8, 4) is 0 Å². The molecule has 15 heavy (non-hydrogen) atoms. The fraction of sp³-hybridized carbons (Fsp3) is 0.800. The lowest BCUT2D eigenvalue weighted by Crippen LogP contribution is -2.31. The van der Waals surface area contributed by atoms with Crippen LogP contribution in [-0.4, -0.2) is 37.7 Å². The Balaban J connectivity index is 2.37. The maximum atomic E-state index is 11.3. The van der Waals surface area contributed by atoms with Gasteiger partial charge in [-0.25, -0.2) is 0 Å². The van der Waals surface area contributed by atoms with E-state index in [1.165, 1.54) is 7.11 Å². The molecule has 0 aromatic carbocycles. The maximum Gasteiger partial charge on any atom is 0.323 e. The average molecular weight is 215 g/mol. The first-order chi connectivity index (χ1) is 7.04. The number of hydrogen-bond acceptors (Lipinski definition) is 5. The number of ether oxygens (including phenoxy) is 2. The van der Waals surface area contributed by atoms with Crippen LogP contribution in [0.5, 0.6) is 0 Å². The van der Waals surface area contributed by atoms with Crippen molar-refractivity contribution in [2.24, 2.45) is 5.92 Å². The third-order valence-electron chi connectivity index (χ3n) is 2.33. The Kier molecular flexibility index (Phi) is 4.08. The Morgan fingerprint density at radius 2 is 2.07 bits per heavy atom. The summed E-state index contributed by atoms with van der Waals surface area (Å²) in [5, 5.41) is 2.95. The van der Waals surface area contributed by atoms with Gasteiger partial charge in [0.25, 0.3) is 0 Å². The molecule has 1 rings (SSSR count). The van der Waals surface area contributed by atoms with Crippen molar-refractivity contribution in [2.75, 3.05) is 13.7 Å². The summed E-state index contributed by atoms with van der Waals surface area (Å²) in [6, 6.07) is -0.347. The van der Waals surface area contributed by atoms with Gasteiger partial charge >= 0.3 is 11.9 Å². The SMILES string of the molecule is COC(=O)[C@@H]1C[C@H](OC(=O)C(C)C)CN1. The Morgan fingerprint density at radius 3 is 2.60 bits per heavy atom. The van der Waals surface area contributed by atoms with E-state index in [-0.39, 0.29) is 30.0 Å². The van der Waals surface area contributed by atoms with Crippen LogP contribution in [0.15, 0.2) is 0 Å². The van der Waals surface area contributed by atoms with Crippen molar-refractivity contribution < 1.29 is 19.1 Å². The molecule has 0 saturated carbocycles. The summed E-state index contributed by atoms with van der Waals surface area (Å²) in [6.45, 7) is 4.07. The van der Waals surface area contributed by atoms with E-state index in [0.29, 0.717) is 13.0 Å². The number of nitrogens with one attached hydrogen (secondary N) is 1. The zero-order valence-corrected chi connectivity index (χ0v) is 9.28.